The number of benzene rings is 1. The van der Waals surface area contributed by atoms with Crippen molar-refractivity contribution in [3.63, 3.8) is 0 Å². The van der Waals surface area contributed by atoms with E-state index in [9.17, 15) is 4.79 Å². The molecule has 1 aliphatic rings. The highest BCUT2D eigenvalue weighted by molar-refractivity contribution is 5.80. The number of fused-ring (bicyclic) bond motifs is 1. The van der Waals surface area contributed by atoms with Gasteiger partial charge in [-0.3, -0.25) is 0 Å². The van der Waals surface area contributed by atoms with Gasteiger partial charge in [-0.15, -0.1) is 0 Å². The van der Waals surface area contributed by atoms with Crippen molar-refractivity contribution in [3.8, 4) is 0 Å². The first-order valence-electron chi connectivity index (χ1n) is 4.95. The van der Waals surface area contributed by atoms with Crippen molar-refractivity contribution in [3.05, 3.63) is 42.1 Å². The second kappa shape index (κ2) is 3.77. The predicted octanol–water partition coefficient (Wildman–Crippen LogP) is 2.21. The van der Waals surface area contributed by atoms with Crippen molar-refractivity contribution in [2.75, 3.05) is 11.4 Å². The van der Waals surface area contributed by atoms with Crippen LogP contribution in [0.15, 0.2) is 36.5 Å². The van der Waals surface area contributed by atoms with E-state index in [1.807, 2.05) is 23.1 Å². The summed E-state index contributed by atoms with van der Waals surface area (Å²) in [5.41, 5.74) is 2.40. The molecule has 0 spiro atoms. The smallest absolute Gasteiger partial charge is 0.329 e. The summed E-state index contributed by atoms with van der Waals surface area (Å²) in [7, 11) is 0. The van der Waals surface area contributed by atoms with Gasteiger partial charge in [0, 0.05) is 30.4 Å². The number of carbonyl (C=O) groups is 1. The Morgan fingerprint density at radius 3 is 3.00 bits per heavy atom. The van der Waals surface area contributed by atoms with Crippen molar-refractivity contribution >= 4 is 11.7 Å². The maximum atomic E-state index is 10.4. The van der Waals surface area contributed by atoms with Gasteiger partial charge in [-0.25, -0.2) is 4.79 Å². The molecule has 1 aromatic rings. The van der Waals surface area contributed by atoms with E-state index >= 15 is 0 Å². The van der Waals surface area contributed by atoms with Crippen LogP contribution in [0.2, 0.25) is 0 Å². The van der Waals surface area contributed by atoms with Crippen LogP contribution in [0.1, 0.15) is 18.4 Å². The van der Waals surface area contributed by atoms with Crippen molar-refractivity contribution in [2.24, 2.45) is 0 Å². The molecule has 2 rings (SSSR count). The topological polar surface area (TPSA) is 40.5 Å². The van der Waals surface area contributed by atoms with Gasteiger partial charge in [0.25, 0.3) is 0 Å². The molecule has 0 saturated heterocycles. The minimum absolute atomic E-state index is 0.458. The summed E-state index contributed by atoms with van der Waals surface area (Å²) >= 11 is 0. The fraction of sp³-hybridized carbons (Fsp3) is 0.250. The standard InChI is InChI=1S/C12H13NO2/c1-9-8-13(7-6-12(14)15)11-5-3-2-4-10(9)11/h2-7,9H,8H2,1H3,(H,14,15)/b7-6+. The molecular weight excluding hydrogens is 190 g/mol. The third kappa shape index (κ3) is 1.86. The lowest BCUT2D eigenvalue weighted by Gasteiger charge is -2.12. The summed E-state index contributed by atoms with van der Waals surface area (Å²) in [6.45, 7) is 3.00. The second-order valence-corrected chi connectivity index (χ2v) is 3.77. The third-order valence-corrected chi connectivity index (χ3v) is 2.64. The molecule has 0 amide bonds. The van der Waals surface area contributed by atoms with Gasteiger partial charge in [0.1, 0.15) is 0 Å². The maximum absolute atomic E-state index is 10.4. The Balaban J connectivity index is 2.28. The number of carboxylic acid groups (broad SMARTS) is 1. The summed E-state index contributed by atoms with van der Waals surface area (Å²) < 4.78 is 0. The van der Waals surface area contributed by atoms with Gasteiger partial charge in [-0.05, 0) is 11.6 Å². The van der Waals surface area contributed by atoms with Gasteiger partial charge in [-0.2, -0.15) is 0 Å². The molecule has 1 atom stereocenters. The van der Waals surface area contributed by atoms with Crippen LogP contribution in [-0.4, -0.2) is 17.6 Å². The van der Waals surface area contributed by atoms with Crippen LogP contribution in [0.4, 0.5) is 5.69 Å². The number of aliphatic carboxylic acids is 1. The lowest BCUT2D eigenvalue weighted by molar-refractivity contribution is -0.131. The number of hydrogen-bond donors (Lipinski definition) is 1. The molecule has 1 aliphatic heterocycles. The highest BCUT2D eigenvalue weighted by Gasteiger charge is 2.23. The lowest BCUT2D eigenvalue weighted by atomic mass is 10.0. The largest absolute Gasteiger partial charge is 0.478 e. The minimum atomic E-state index is -0.910. The summed E-state index contributed by atoms with van der Waals surface area (Å²) in [6, 6.07) is 8.10. The van der Waals surface area contributed by atoms with Crippen LogP contribution in [0.25, 0.3) is 0 Å². The zero-order valence-electron chi connectivity index (χ0n) is 8.55. The van der Waals surface area contributed by atoms with E-state index in [1.54, 1.807) is 6.20 Å². The number of carboxylic acids is 1. The highest BCUT2D eigenvalue weighted by atomic mass is 16.4. The number of nitrogens with zero attached hydrogens (tertiary/aromatic N) is 1. The normalized spacial score (nSPS) is 19.5. The maximum Gasteiger partial charge on any atom is 0.329 e. The van der Waals surface area contributed by atoms with E-state index in [2.05, 4.69) is 13.0 Å². The first-order valence-corrected chi connectivity index (χ1v) is 4.95. The van der Waals surface area contributed by atoms with E-state index < -0.39 is 5.97 Å². The molecule has 1 heterocycles. The average Bonchev–Trinajstić information content (AvgIpc) is 2.54. The molecule has 1 aromatic carbocycles. The summed E-state index contributed by atoms with van der Waals surface area (Å²) in [5.74, 6) is -0.452. The highest BCUT2D eigenvalue weighted by Crippen LogP contribution is 2.35. The van der Waals surface area contributed by atoms with E-state index in [0.29, 0.717) is 5.92 Å². The van der Waals surface area contributed by atoms with Crippen molar-refractivity contribution in [1.29, 1.82) is 0 Å². The first-order chi connectivity index (χ1) is 7.18. The molecule has 0 aromatic heterocycles. The Kier molecular flexibility index (Phi) is 2.46. The number of hydrogen-bond acceptors (Lipinski definition) is 2. The van der Waals surface area contributed by atoms with E-state index in [-0.39, 0.29) is 0 Å². The number of anilines is 1. The zero-order chi connectivity index (χ0) is 10.8. The predicted molar refractivity (Wildman–Crippen MR) is 59.0 cm³/mol. The monoisotopic (exact) mass is 203 g/mol. The van der Waals surface area contributed by atoms with Crippen LogP contribution in [0, 0.1) is 0 Å². The van der Waals surface area contributed by atoms with E-state index in [1.165, 1.54) is 11.6 Å². The number of rotatable bonds is 2. The lowest BCUT2D eigenvalue weighted by Crippen LogP contribution is -2.13. The van der Waals surface area contributed by atoms with Gasteiger partial charge in [-0.1, -0.05) is 25.1 Å². The molecule has 1 unspecified atom stereocenters. The molecule has 0 radical (unpaired) electrons. The Bertz CT molecular complexity index is 412. The van der Waals surface area contributed by atoms with Crippen molar-refractivity contribution < 1.29 is 9.90 Å². The Hall–Kier alpha value is -1.77. The SMILES string of the molecule is CC1CN(/C=C/C(=O)O)c2ccccc21. The van der Waals surface area contributed by atoms with Gasteiger partial charge in [0.05, 0.1) is 0 Å². The van der Waals surface area contributed by atoms with Gasteiger partial charge < -0.3 is 10.0 Å². The molecule has 0 bridgehead atoms. The first kappa shape index (κ1) is 9.77. The van der Waals surface area contributed by atoms with E-state index in [0.717, 1.165) is 12.2 Å². The summed E-state index contributed by atoms with van der Waals surface area (Å²) in [6.07, 6.45) is 2.81. The quantitative estimate of drug-likeness (QED) is 0.749. The number of para-hydroxylation sites is 1. The molecule has 0 aliphatic carbocycles. The molecule has 15 heavy (non-hydrogen) atoms. The summed E-state index contributed by atoms with van der Waals surface area (Å²) in [5, 5.41) is 8.57. The Morgan fingerprint density at radius 1 is 1.53 bits per heavy atom. The van der Waals surface area contributed by atoms with Crippen LogP contribution in [-0.2, 0) is 4.79 Å². The van der Waals surface area contributed by atoms with Gasteiger partial charge in [0.15, 0.2) is 0 Å². The molecule has 3 nitrogen and oxygen atoms in total. The fourth-order valence-electron chi connectivity index (χ4n) is 1.95. The van der Waals surface area contributed by atoms with Crippen molar-refractivity contribution in [2.45, 2.75) is 12.8 Å². The molecule has 3 heteroatoms. The van der Waals surface area contributed by atoms with Crippen molar-refractivity contribution in [1.82, 2.24) is 0 Å². The van der Waals surface area contributed by atoms with Crippen LogP contribution in [0.3, 0.4) is 0 Å². The minimum Gasteiger partial charge on any atom is -0.478 e. The molecule has 1 N–H and O–H groups in total. The van der Waals surface area contributed by atoms with Crippen LogP contribution in [0.5, 0.6) is 0 Å². The van der Waals surface area contributed by atoms with Gasteiger partial charge in [0.2, 0.25) is 0 Å². The van der Waals surface area contributed by atoms with Crippen LogP contribution < -0.4 is 4.90 Å². The summed E-state index contributed by atoms with van der Waals surface area (Å²) in [4.78, 5) is 12.4. The third-order valence-electron chi connectivity index (χ3n) is 2.64. The average molecular weight is 203 g/mol. The fourth-order valence-corrected chi connectivity index (χ4v) is 1.95. The van der Waals surface area contributed by atoms with Gasteiger partial charge >= 0.3 is 5.97 Å². The molecule has 0 fully saturated rings. The Morgan fingerprint density at radius 2 is 2.27 bits per heavy atom. The molecular formula is C12H13NO2. The second-order valence-electron chi connectivity index (χ2n) is 3.77. The molecule has 78 valence electrons. The van der Waals surface area contributed by atoms with Crippen LogP contribution >= 0.6 is 0 Å². The zero-order valence-corrected chi connectivity index (χ0v) is 8.55. The Labute approximate surface area is 88.6 Å². The van der Waals surface area contributed by atoms with E-state index in [4.69, 9.17) is 5.11 Å². The molecule has 0 saturated carbocycles.